The second-order valence-corrected chi connectivity index (χ2v) is 6.68. The second kappa shape index (κ2) is 6.03. The number of anilines is 1. The Morgan fingerprint density at radius 3 is 2.74 bits per heavy atom. The van der Waals surface area contributed by atoms with E-state index < -0.39 is 16.6 Å². The molecule has 0 aliphatic rings. The van der Waals surface area contributed by atoms with Crippen LogP contribution >= 0.6 is 27.5 Å². The molecule has 0 saturated carbocycles. The van der Waals surface area contributed by atoms with Gasteiger partial charge in [0.15, 0.2) is 0 Å². The summed E-state index contributed by atoms with van der Waals surface area (Å²) in [5.41, 5.74) is 6.51. The van der Waals surface area contributed by atoms with Crippen LogP contribution in [-0.2, 0) is 16.6 Å². The Kier molecular flexibility index (Phi) is 4.60. The SMILES string of the molecule is Nc1ccc(Cl)cc1S(=O)Cc1cc(Br)ccc1F. The highest BCUT2D eigenvalue weighted by molar-refractivity contribution is 9.10. The van der Waals surface area contributed by atoms with Gasteiger partial charge < -0.3 is 5.73 Å². The quantitative estimate of drug-likeness (QED) is 0.834. The zero-order valence-corrected chi connectivity index (χ0v) is 12.9. The van der Waals surface area contributed by atoms with Crippen molar-refractivity contribution in [1.29, 1.82) is 0 Å². The van der Waals surface area contributed by atoms with Crippen molar-refractivity contribution in [3.8, 4) is 0 Å². The first-order chi connectivity index (χ1) is 8.97. The molecular formula is C13H10BrClFNOS. The number of nitrogen functional groups attached to an aromatic ring is 1. The van der Waals surface area contributed by atoms with Crippen molar-refractivity contribution in [1.82, 2.24) is 0 Å². The lowest BCUT2D eigenvalue weighted by Crippen LogP contribution is -2.02. The van der Waals surface area contributed by atoms with Gasteiger partial charge in [0.1, 0.15) is 5.82 Å². The van der Waals surface area contributed by atoms with E-state index in [4.69, 9.17) is 17.3 Å². The lowest BCUT2D eigenvalue weighted by atomic mass is 10.2. The van der Waals surface area contributed by atoms with Crippen molar-refractivity contribution in [2.45, 2.75) is 10.6 Å². The molecule has 0 aliphatic carbocycles. The average Bonchev–Trinajstić information content (AvgIpc) is 2.36. The van der Waals surface area contributed by atoms with E-state index in [1.807, 2.05) is 0 Å². The second-order valence-electron chi connectivity index (χ2n) is 3.91. The largest absolute Gasteiger partial charge is 0.398 e. The lowest BCUT2D eigenvalue weighted by molar-refractivity contribution is 0.615. The summed E-state index contributed by atoms with van der Waals surface area (Å²) >= 11 is 9.11. The van der Waals surface area contributed by atoms with Crippen molar-refractivity contribution < 1.29 is 8.60 Å². The molecule has 0 aliphatic heterocycles. The van der Waals surface area contributed by atoms with Crippen LogP contribution in [0.4, 0.5) is 10.1 Å². The Morgan fingerprint density at radius 1 is 1.26 bits per heavy atom. The van der Waals surface area contributed by atoms with Gasteiger partial charge in [-0.2, -0.15) is 0 Å². The monoisotopic (exact) mass is 361 g/mol. The van der Waals surface area contributed by atoms with Crippen LogP contribution < -0.4 is 5.73 Å². The van der Waals surface area contributed by atoms with E-state index in [9.17, 15) is 8.60 Å². The molecule has 6 heteroatoms. The first kappa shape index (κ1) is 14.5. The maximum absolute atomic E-state index is 13.6. The van der Waals surface area contributed by atoms with E-state index in [1.54, 1.807) is 30.3 Å². The normalized spacial score (nSPS) is 12.4. The highest BCUT2D eigenvalue weighted by atomic mass is 79.9. The van der Waals surface area contributed by atoms with E-state index in [-0.39, 0.29) is 5.75 Å². The van der Waals surface area contributed by atoms with E-state index in [1.165, 1.54) is 6.07 Å². The minimum absolute atomic E-state index is 0.0514. The summed E-state index contributed by atoms with van der Waals surface area (Å²) in [5, 5.41) is 0.451. The van der Waals surface area contributed by atoms with Crippen LogP contribution in [0.25, 0.3) is 0 Å². The molecule has 2 aromatic carbocycles. The van der Waals surface area contributed by atoms with Crippen LogP contribution in [0.2, 0.25) is 5.02 Å². The summed E-state index contributed by atoms with van der Waals surface area (Å²) in [4.78, 5) is 0.423. The van der Waals surface area contributed by atoms with Crippen LogP contribution in [-0.4, -0.2) is 4.21 Å². The first-order valence-electron chi connectivity index (χ1n) is 5.34. The van der Waals surface area contributed by atoms with Crippen LogP contribution in [0.1, 0.15) is 5.56 Å². The molecule has 0 fully saturated rings. The minimum Gasteiger partial charge on any atom is -0.398 e. The number of nitrogens with two attached hydrogens (primary N) is 1. The fraction of sp³-hybridized carbons (Fsp3) is 0.0769. The van der Waals surface area contributed by atoms with Gasteiger partial charge in [-0.1, -0.05) is 27.5 Å². The predicted molar refractivity (Wildman–Crippen MR) is 80.1 cm³/mol. The van der Waals surface area contributed by atoms with Crippen LogP contribution in [0, 0.1) is 5.82 Å². The number of benzene rings is 2. The molecule has 0 aromatic heterocycles. The molecule has 2 nitrogen and oxygen atoms in total. The summed E-state index contributed by atoms with van der Waals surface area (Å²) in [7, 11) is -1.45. The number of hydrogen-bond donors (Lipinski definition) is 1. The predicted octanol–water partition coefficient (Wildman–Crippen LogP) is 4.13. The Morgan fingerprint density at radius 2 is 2.00 bits per heavy atom. The molecule has 0 saturated heterocycles. The standard InChI is InChI=1S/C13H10BrClFNOS/c14-9-1-3-11(16)8(5-9)7-19(18)13-6-10(15)2-4-12(13)17/h1-6H,7,17H2. The molecule has 0 bridgehead atoms. The molecule has 19 heavy (non-hydrogen) atoms. The van der Waals surface area contributed by atoms with Gasteiger partial charge >= 0.3 is 0 Å². The van der Waals surface area contributed by atoms with E-state index in [0.717, 1.165) is 4.47 Å². The Balaban J connectivity index is 2.30. The van der Waals surface area contributed by atoms with Crippen LogP contribution in [0.5, 0.6) is 0 Å². The van der Waals surface area contributed by atoms with Crippen LogP contribution in [0.15, 0.2) is 45.8 Å². The summed E-state index contributed by atoms with van der Waals surface area (Å²) in [6, 6.07) is 9.29. The third-order valence-corrected chi connectivity index (χ3v) is 4.66. The molecule has 1 unspecified atom stereocenters. The Hall–Kier alpha value is -0.910. The summed E-state index contributed by atoms with van der Waals surface area (Å²) < 4.78 is 26.6. The van der Waals surface area contributed by atoms with Gasteiger partial charge in [0.2, 0.25) is 0 Å². The molecule has 2 N–H and O–H groups in total. The van der Waals surface area contributed by atoms with E-state index in [2.05, 4.69) is 15.9 Å². The average molecular weight is 363 g/mol. The Labute approximate surface area is 126 Å². The van der Waals surface area contributed by atoms with Gasteiger partial charge in [0, 0.05) is 20.7 Å². The van der Waals surface area contributed by atoms with Crippen molar-refractivity contribution in [3.05, 3.63) is 57.3 Å². The van der Waals surface area contributed by atoms with Gasteiger partial charge in [-0.25, -0.2) is 4.39 Å². The van der Waals surface area contributed by atoms with Gasteiger partial charge in [-0.15, -0.1) is 0 Å². The van der Waals surface area contributed by atoms with Gasteiger partial charge in [-0.05, 0) is 36.4 Å². The van der Waals surface area contributed by atoms with Crippen LogP contribution in [0.3, 0.4) is 0 Å². The van der Waals surface area contributed by atoms with Crippen molar-refractivity contribution in [2.75, 3.05) is 5.73 Å². The third-order valence-electron chi connectivity index (χ3n) is 2.52. The van der Waals surface area contributed by atoms with E-state index >= 15 is 0 Å². The topological polar surface area (TPSA) is 43.1 Å². The first-order valence-corrected chi connectivity index (χ1v) is 7.83. The summed E-state index contributed by atoms with van der Waals surface area (Å²) in [6.07, 6.45) is 0. The molecule has 1 atom stereocenters. The molecule has 2 aromatic rings. The third kappa shape index (κ3) is 3.55. The highest BCUT2D eigenvalue weighted by Gasteiger charge is 2.12. The molecule has 0 heterocycles. The molecule has 0 amide bonds. The number of halogens is 3. The molecule has 2 rings (SSSR count). The van der Waals surface area contributed by atoms with Gasteiger partial charge in [0.05, 0.1) is 21.4 Å². The fourth-order valence-electron chi connectivity index (χ4n) is 1.58. The lowest BCUT2D eigenvalue weighted by Gasteiger charge is -2.07. The summed E-state index contributed by atoms with van der Waals surface area (Å²) in [5.74, 6) is -0.340. The summed E-state index contributed by atoms with van der Waals surface area (Å²) in [6.45, 7) is 0. The van der Waals surface area contributed by atoms with Crippen molar-refractivity contribution >= 4 is 44.0 Å². The maximum atomic E-state index is 13.6. The molecular weight excluding hydrogens is 353 g/mol. The van der Waals surface area contributed by atoms with Crippen molar-refractivity contribution in [2.24, 2.45) is 0 Å². The number of rotatable bonds is 3. The zero-order valence-electron chi connectivity index (χ0n) is 9.70. The van der Waals surface area contributed by atoms with Gasteiger partial charge in [-0.3, -0.25) is 4.21 Å². The van der Waals surface area contributed by atoms with Crippen molar-refractivity contribution in [3.63, 3.8) is 0 Å². The number of hydrogen-bond acceptors (Lipinski definition) is 2. The molecule has 0 radical (unpaired) electrons. The Bertz CT molecular complexity index is 651. The molecule has 0 spiro atoms. The van der Waals surface area contributed by atoms with E-state index in [0.29, 0.717) is 21.2 Å². The molecule has 100 valence electrons. The fourth-order valence-corrected chi connectivity index (χ4v) is 3.47. The maximum Gasteiger partial charge on any atom is 0.127 e. The minimum atomic E-state index is -1.45. The highest BCUT2D eigenvalue weighted by Crippen LogP contribution is 2.25. The zero-order chi connectivity index (χ0) is 14.0. The van der Waals surface area contributed by atoms with Gasteiger partial charge in [0.25, 0.3) is 0 Å². The smallest absolute Gasteiger partial charge is 0.127 e.